The minimum absolute atomic E-state index is 0.0777. The van der Waals surface area contributed by atoms with Crippen molar-refractivity contribution in [3.8, 4) is 11.5 Å². The number of fused-ring (bicyclic) bond motifs is 1. The molecule has 4 rings (SSSR count). The van der Waals surface area contributed by atoms with Gasteiger partial charge in [-0.3, -0.25) is 19.3 Å². The van der Waals surface area contributed by atoms with Gasteiger partial charge in [0, 0.05) is 13.2 Å². The Kier molecular flexibility index (Phi) is 12.0. The van der Waals surface area contributed by atoms with E-state index in [4.69, 9.17) is 9.47 Å². The van der Waals surface area contributed by atoms with Gasteiger partial charge < -0.3 is 20.1 Å². The molecular formula is C34H47N3O7S. The zero-order chi connectivity index (χ0) is 32.6. The van der Waals surface area contributed by atoms with Crippen LogP contribution in [0.5, 0.6) is 11.5 Å². The number of sulfone groups is 1. The molecule has 10 nitrogen and oxygen atoms in total. The molecule has 0 aromatic heterocycles. The van der Waals surface area contributed by atoms with Gasteiger partial charge in [0.05, 0.1) is 42.3 Å². The number of piperidine rings is 1. The molecule has 0 unspecified atom stereocenters. The van der Waals surface area contributed by atoms with Crippen molar-refractivity contribution in [2.75, 3.05) is 44.1 Å². The first-order valence-corrected chi connectivity index (χ1v) is 18.1. The number of hydrogen-bond donors (Lipinski definition) is 2. The zero-order valence-corrected chi connectivity index (χ0v) is 27.8. The average Bonchev–Trinajstić information content (AvgIpc) is 3.24. The lowest BCUT2D eigenvalue weighted by Gasteiger charge is -2.27. The number of benzene rings is 2. The number of nitrogens with zero attached hydrogens (tertiary/aromatic N) is 1. The summed E-state index contributed by atoms with van der Waals surface area (Å²) in [5, 5.41) is 6.16. The van der Waals surface area contributed by atoms with Crippen LogP contribution >= 0.6 is 0 Å². The van der Waals surface area contributed by atoms with E-state index in [0.717, 1.165) is 55.0 Å². The number of hydrogen-bond acceptors (Lipinski definition) is 8. The van der Waals surface area contributed by atoms with Crippen molar-refractivity contribution in [2.24, 2.45) is 5.92 Å². The van der Waals surface area contributed by atoms with Gasteiger partial charge in [-0.05, 0) is 87.0 Å². The van der Waals surface area contributed by atoms with Crippen molar-refractivity contribution in [1.82, 2.24) is 10.2 Å². The Labute approximate surface area is 267 Å². The van der Waals surface area contributed by atoms with Crippen LogP contribution in [-0.2, 0) is 21.1 Å². The molecule has 2 N–H and O–H groups in total. The summed E-state index contributed by atoms with van der Waals surface area (Å²) in [6.45, 7) is 5.76. The molecule has 2 aliphatic rings. The Morgan fingerprint density at radius 1 is 1.02 bits per heavy atom. The Bertz CT molecular complexity index is 1480. The first-order valence-electron chi connectivity index (χ1n) is 16.0. The maximum atomic E-state index is 13.9. The fourth-order valence-electron chi connectivity index (χ4n) is 6.40. The van der Waals surface area contributed by atoms with Crippen LogP contribution in [0.4, 0.5) is 5.69 Å². The summed E-state index contributed by atoms with van der Waals surface area (Å²) < 4.78 is 36.2. The maximum Gasteiger partial charge on any atom is 0.264 e. The van der Waals surface area contributed by atoms with Crippen molar-refractivity contribution in [1.29, 1.82) is 0 Å². The summed E-state index contributed by atoms with van der Waals surface area (Å²) in [5.74, 6) is -0.425. The lowest BCUT2D eigenvalue weighted by atomic mass is 9.92. The van der Waals surface area contributed by atoms with Crippen LogP contribution in [0.25, 0.3) is 0 Å². The first kappa shape index (κ1) is 34.4. The molecule has 45 heavy (non-hydrogen) atoms. The molecule has 2 aliphatic heterocycles. The number of rotatable bonds is 16. The molecule has 0 radical (unpaired) electrons. The largest absolute Gasteiger partial charge is 0.493 e. The highest BCUT2D eigenvalue weighted by atomic mass is 32.2. The number of nitrogens with one attached hydrogen (secondary N) is 2. The number of imide groups is 1. The molecule has 0 saturated carbocycles. The van der Waals surface area contributed by atoms with E-state index in [0.29, 0.717) is 30.1 Å². The molecule has 0 spiro atoms. The number of amides is 3. The summed E-state index contributed by atoms with van der Waals surface area (Å²) in [6.07, 6.45) is 11.2. The lowest BCUT2D eigenvalue weighted by Crippen LogP contribution is -2.37. The molecular weight excluding hydrogens is 594 g/mol. The van der Waals surface area contributed by atoms with Gasteiger partial charge >= 0.3 is 0 Å². The van der Waals surface area contributed by atoms with Gasteiger partial charge in [0.25, 0.3) is 11.8 Å². The molecule has 2 aromatic carbocycles. The summed E-state index contributed by atoms with van der Waals surface area (Å²) in [6, 6.07) is 7.23. The molecule has 1 fully saturated rings. The number of aryl methyl sites for hydroxylation is 1. The smallest absolute Gasteiger partial charge is 0.264 e. The van der Waals surface area contributed by atoms with E-state index in [1.54, 1.807) is 30.3 Å². The minimum Gasteiger partial charge on any atom is -0.493 e. The van der Waals surface area contributed by atoms with Crippen LogP contribution in [0.15, 0.2) is 30.3 Å². The fraction of sp³-hybridized carbons (Fsp3) is 0.559. The molecule has 2 heterocycles. The number of carbonyl (C=O) groups excluding carboxylic acids is 3. The highest BCUT2D eigenvalue weighted by Gasteiger charge is 2.44. The fourth-order valence-corrected chi connectivity index (χ4v) is 7.31. The second kappa shape index (κ2) is 15.7. The second-order valence-corrected chi connectivity index (χ2v) is 14.4. The molecule has 11 heteroatoms. The highest BCUT2D eigenvalue weighted by molar-refractivity contribution is 7.90. The Balaban J connectivity index is 1.54. The molecule has 1 atom stereocenters. The van der Waals surface area contributed by atoms with E-state index >= 15 is 0 Å². The number of methoxy groups -OCH3 is 1. The summed E-state index contributed by atoms with van der Waals surface area (Å²) in [7, 11) is -2.15. The third-order valence-corrected chi connectivity index (χ3v) is 9.49. The van der Waals surface area contributed by atoms with E-state index in [-0.39, 0.29) is 22.7 Å². The maximum absolute atomic E-state index is 13.9. The van der Waals surface area contributed by atoms with Crippen LogP contribution in [0.1, 0.15) is 103 Å². The summed E-state index contributed by atoms with van der Waals surface area (Å²) in [5.41, 5.74) is 1.77. The second-order valence-electron chi connectivity index (χ2n) is 12.2. The van der Waals surface area contributed by atoms with Crippen LogP contribution in [0.2, 0.25) is 0 Å². The van der Waals surface area contributed by atoms with Crippen molar-refractivity contribution in [2.45, 2.75) is 77.7 Å². The highest BCUT2D eigenvalue weighted by Crippen LogP contribution is 2.39. The van der Waals surface area contributed by atoms with E-state index in [9.17, 15) is 22.8 Å². The molecule has 246 valence electrons. The van der Waals surface area contributed by atoms with Crippen molar-refractivity contribution < 1.29 is 32.3 Å². The van der Waals surface area contributed by atoms with Crippen LogP contribution in [0.3, 0.4) is 0 Å². The number of carbonyl (C=O) groups is 3. The van der Waals surface area contributed by atoms with Crippen LogP contribution < -0.4 is 20.1 Å². The van der Waals surface area contributed by atoms with Crippen molar-refractivity contribution in [3.63, 3.8) is 0 Å². The molecule has 0 bridgehead atoms. The molecule has 3 amide bonds. The zero-order valence-electron chi connectivity index (χ0n) is 26.9. The van der Waals surface area contributed by atoms with E-state index < -0.39 is 33.4 Å². The van der Waals surface area contributed by atoms with E-state index in [1.807, 2.05) is 6.92 Å². The number of anilines is 1. The van der Waals surface area contributed by atoms with E-state index in [1.165, 1.54) is 46.1 Å². The monoisotopic (exact) mass is 641 g/mol. The van der Waals surface area contributed by atoms with E-state index in [2.05, 4.69) is 10.6 Å². The van der Waals surface area contributed by atoms with Crippen LogP contribution in [-0.4, -0.2) is 69.9 Å². The van der Waals surface area contributed by atoms with Gasteiger partial charge in [0.15, 0.2) is 11.5 Å². The normalized spacial score (nSPS) is 16.0. The number of unbranched alkanes of at least 4 members (excludes halogenated alkanes) is 4. The number of ether oxygens (including phenoxy) is 2. The average molecular weight is 642 g/mol. The van der Waals surface area contributed by atoms with Gasteiger partial charge in [-0.2, -0.15) is 0 Å². The van der Waals surface area contributed by atoms with Gasteiger partial charge in [-0.1, -0.05) is 38.2 Å². The van der Waals surface area contributed by atoms with Crippen LogP contribution in [0, 0.1) is 5.92 Å². The van der Waals surface area contributed by atoms with Gasteiger partial charge in [-0.25, -0.2) is 8.42 Å². The van der Waals surface area contributed by atoms with Gasteiger partial charge in [-0.15, -0.1) is 0 Å². The SMILES string of the molecule is CCOc1cc([C@@H](CS(C)(=O)=O)N2C(=O)c3cc(CCCCCCCC4CCNCC4)cc(NC(C)=O)c3C2=O)ccc1OC. The Morgan fingerprint density at radius 2 is 1.73 bits per heavy atom. The van der Waals surface area contributed by atoms with Gasteiger partial charge in [0.2, 0.25) is 5.91 Å². The quantitative estimate of drug-likeness (QED) is 0.186. The van der Waals surface area contributed by atoms with Crippen molar-refractivity contribution >= 4 is 33.2 Å². The lowest BCUT2D eigenvalue weighted by molar-refractivity contribution is -0.114. The first-order chi connectivity index (χ1) is 21.5. The topological polar surface area (TPSA) is 131 Å². The minimum atomic E-state index is -3.64. The standard InChI is InChI=1S/C34H47N3O7S/c1-5-44-31-21-26(13-14-30(31)43-3)29(22-45(4,41)42)37-33(39)27-19-25(20-28(36-23(2)38)32(27)34(37)40)12-10-8-6-7-9-11-24-15-17-35-18-16-24/h13-14,19-21,24,29,35H,5-12,15-18,22H2,1-4H3,(H,36,38)/t29-/m1/s1. The third kappa shape index (κ3) is 9.07. The summed E-state index contributed by atoms with van der Waals surface area (Å²) in [4.78, 5) is 41.0. The molecule has 1 saturated heterocycles. The summed E-state index contributed by atoms with van der Waals surface area (Å²) >= 11 is 0. The van der Waals surface area contributed by atoms with Gasteiger partial charge in [0.1, 0.15) is 9.84 Å². The van der Waals surface area contributed by atoms with Crippen molar-refractivity contribution in [3.05, 3.63) is 52.6 Å². The Hall–Kier alpha value is -3.44. The predicted octanol–water partition coefficient (Wildman–Crippen LogP) is 5.32. The Morgan fingerprint density at radius 3 is 2.40 bits per heavy atom. The molecule has 2 aromatic rings. The predicted molar refractivity (Wildman–Crippen MR) is 175 cm³/mol. The molecule has 0 aliphatic carbocycles. The third-order valence-electron chi connectivity index (χ3n) is 8.57.